The third kappa shape index (κ3) is 6.64. The predicted octanol–water partition coefficient (Wildman–Crippen LogP) is 3.77. The molecule has 0 spiro atoms. The van der Waals surface area contributed by atoms with Gasteiger partial charge in [-0.2, -0.15) is 0 Å². The van der Waals surface area contributed by atoms with Crippen LogP contribution in [0.4, 0.5) is 0 Å². The van der Waals surface area contributed by atoms with Crippen molar-refractivity contribution in [2.45, 2.75) is 27.7 Å². The molecule has 1 aromatic rings. The number of hydrogen-bond acceptors (Lipinski definition) is 3. The molecular formula is C11H17Cl2NO2. The smallest absolute Gasteiger partial charge is 0.309 e. The fourth-order valence-electron chi connectivity index (χ4n) is 0.855. The Hall–Kier alpha value is -0.800. The van der Waals surface area contributed by atoms with Crippen LogP contribution in [-0.4, -0.2) is 18.1 Å². The lowest BCUT2D eigenvalue weighted by Crippen LogP contribution is -2.04. The number of nitrogens with zero attached hydrogens (tertiary/aromatic N) is 1. The molecule has 0 bridgehead atoms. The van der Waals surface area contributed by atoms with Crippen LogP contribution in [0.3, 0.4) is 0 Å². The predicted molar refractivity (Wildman–Crippen MR) is 68.1 cm³/mol. The SMILES string of the molecule is C.CC.COC(=O)Cc1cc(Cl)nc(Cl)c1. The Labute approximate surface area is 107 Å². The molecular weight excluding hydrogens is 249 g/mol. The summed E-state index contributed by atoms with van der Waals surface area (Å²) in [6, 6.07) is 3.15. The first-order valence-electron chi connectivity index (χ1n) is 4.50. The average Bonchev–Trinajstić information content (AvgIpc) is 2.19. The summed E-state index contributed by atoms with van der Waals surface area (Å²) >= 11 is 11.3. The van der Waals surface area contributed by atoms with Crippen LogP contribution in [0.5, 0.6) is 0 Å². The lowest BCUT2D eigenvalue weighted by atomic mass is 10.2. The topological polar surface area (TPSA) is 39.2 Å². The van der Waals surface area contributed by atoms with Gasteiger partial charge in [-0.15, -0.1) is 0 Å². The first kappa shape index (κ1) is 17.6. The Morgan fingerprint density at radius 1 is 1.31 bits per heavy atom. The van der Waals surface area contributed by atoms with E-state index in [-0.39, 0.29) is 30.1 Å². The van der Waals surface area contributed by atoms with Gasteiger partial charge in [0.15, 0.2) is 0 Å². The van der Waals surface area contributed by atoms with Crippen LogP contribution in [0.25, 0.3) is 0 Å². The summed E-state index contributed by atoms with van der Waals surface area (Å²) in [5, 5.41) is 0.540. The van der Waals surface area contributed by atoms with E-state index in [4.69, 9.17) is 23.2 Å². The summed E-state index contributed by atoms with van der Waals surface area (Å²) in [6.45, 7) is 4.00. The second kappa shape index (κ2) is 9.43. The van der Waals surface area contributed by atoms with Gasteiger partial charge in [0.1, 0.15) is 10.3 Å². The summed E-state index contributed by atoms with van der Waals surface area (Å²) in [6.07, 6.45) is 0.151. The number of rotatable bonds is 2. The first-order chi connectivity index (χ1) is 7.11. The normalized spacial score (nSPS) is 8.31. The molecule has 0 aromatic carbocycles. The van der Waals surface area contributed by atoms with Crippen LogP contribution >= 0.6 is 23.2 Å². The highest BCUT2D eigenvalue weighted by Crippen LogP contribution is 2.15. The van der Waals surface area contributed by atoms with Crippen LogP contribution in [0.2, 0.25) is 10.3 Å². The second-order valence-electron chi connectivity index (χ2n) is 2.37. The molecule has 3 nitrogen and oxygen atoms in total. The van der Waals surface area contributed by atoms with Gasteiger partial charge in [-0.25, -0.2) is 4.98 Å². The lowest BCUT2D eigenvalue weighted by Gasteiger charge is -2.00. The molecule has 1 aromatic heterocycles. The molecule has 0 aliphatic rings. The fraction of sp³-hybridized carbons (Fsp3) is 0.455. The van der Waals surface area contributed by atoms with E-state index in [0.29, 0.717) is 5.56 Å². The molecule has 0 atom stereocenters. The number of ether oxygens (including phenoxy) is 1. The number of aromatic nitrogens is 1. The van der Waals surface area contributed by atoms with Crippen LogP contribution in [0, 0.1) is 0 Å². The van der Waals surface area contributed by atoms with Crippen molar-refractivity contribution in [1.82, 2.24) is 4.98 Å². The highest BCUT2D eigenvalue weighted by atomic mass is 35.5. The number of esters is 1. The van der Waals surface area contributed by atoms with E-state index in [1.165, 1.54) is 7.11 Å². The Morgan fingerprint density at radius 3 is 2.12 bits per heavy atom. The van der Waals surface area contributed by atoms with Gasteiger partial charge in [-0.1, -0.05) is 44.5 Å². The number of carbonyl (C=O) groups excluding carboxylic acids is 1. The number of hydrogen-bond donors (Lipinski definition) is 0. The zero-order chi connectivity index (χ0) is 11.8. The molecule has 0 amide bonds. The van der Waals surface area contributed by atoms with Crippen molar-refractivity contribution in [3.8, 4) is 0 Å². The minimum atomic E-state index is -0.335. The minimum absolute atomic E-state index is 0. The quantitative estimate of drug-likeness (QED) is 0.604. The van der Waals surface area contributed by atoms with Gasteiger partial charge in [-0.05, 0) is 17.7 Å². The number of carbonyl (C=O) groups is 1. The zero-order valence-electron chi connectivity index (χ0n) is 8.88. The van der Waals surface area contributed by atoms with E-state index in [0.717, 1.165) is 0 Å². The standard InChI is InChI=1S/C8H7Cl2NO2.C2H6.CH4/c1-13-8(12)4-5-2-6(9)11-7(10)3-5;1-2;/h2-3H,4H2,1H3;1-2H3;1H4. The van der Waals surface area contributed by atoms with Gasteiger partial charge in [0.25, 0.3) is 0 Å². The molecule has 0 saturated heterocycles. The maximum atomic E-state index is 10.9. The molecule has 0 saturated carbocycles. The van der Waals surface area contributed by atoms with E-state index in [2.05, 4.69) is 9.72 Å². The van der Waals surface area contributed by atoms with Gasteiger partial charge in [0.05, 0.1) is 13.5 Å². The van der Waals surface area contributed by atoms with E-state index < -0.39 is 0 Å². The van der Waals surface area contributed by atoms with E-state index in [1.54, 1.807) is 12.1 Å². The molecule has 5 heteroatoms. The van der Waals surface area contributed by atoms with E-state index in [1.807, 2.05) is 13.8 Å². The van der Waals surface area contributed by atoms with Crippen molar-refractivity contribution >= 4 is 29.2 Å². The van der Waals surface area contributed by atoms with Gasteiger partial charge >= 0.3 is 5.97 Å². The zero-order valence-corrected chi connectivity index (χ0v) is 10.4. The highest BCUT2D eigenvalue weighted by molar-refractivity contribution is 6.32. The molecule has 0 unspecified atom stereocenters. The Morgan fingerprint density at radius 2 is 1.75 bits per heavy atom. The highest BCUT2D eigenvalue weighted by Gasteiger charge is 2.05. The van der Waals surface area contributed by atoms with Crippen molar-refractivity contribution in [2.24, 2.45) is 0 Å². The van der Waals surface area contributed by atoms with Gasteiger partial charge in [0.2, 0.25) is 0 Å². The van der Waals surface area contributed by atoms with Crippen LogP contribution in [0.1, 0.15) is 26.8 Å². The number of methoxy groups -OCH3 is 1. The maximum absolute atomic E-state index is 10.9. The molecule has 0 aliphatic carbocycles. The largest absolute Gasteiger partial charge is 0.469 e. The molecule has 1 rings (SSSR count). The monoisotopic (exact) mass is 265 g/mol. The van der Waals surface area contributed by atoms with Crippen molar-refractivity contribution in [2.75, 3.05) is 7.11 Å². The molecule has 16 heavy (non-hydrogen) atoms. The second-order valence-corrected chi connectivity index (χ2v) is 3.15. The van der Waals surface area contributed by atoms with Crippen molar-refractivity contribution < 1.29 is 9.53 Å². The maximum Gasteiger partial charge on any atom is 0.309 e. The molecule has 0 fully saturated rings. The number of pyridine rings is 1. The van der Waals surface area contributed by atoms with Gasteiger partial charge in [-0.3, -0.25) is 4.79 Å². The lowest BCUT2D eigenvalue weighted by molar-refractivity contribution is -0.139. The first-order valence-corrected chi connectivity index (χ1v) is 5.26. The Balaban J connectivity index is 0. The van der Waals surface area contributed by atoms with Crippen LogP contribution in [-0.2, 0) is 16.0 Å². The van der Waals surface area contributed by atoms with Gasteiger partial charge in [0, 0.05) is 0 Å². The molecule has 92 valence electrons. The summed E-state index contributed by atoms with van der Waals surface area (Å²) < 4.78 is 4.49. The van der Waals surface area contributed by atoms with Crippen LogP contribution < -0.4 is 0 Å². The average molecular weight is 266 g/mol. The molecule has 1 heterocycles. The fourth-order valence-corrected chi connectivity index (χ4v) is 1.36. The minimum Gasteiger partial charge on any atom is -0.469 e. The van der Waals surface area contributed by atoms with Crippen molar-refractivity contribution in [3.63, 3.8) is 0 Å². The third-order valence-electron chi connectivity index (χ3n) is 1.40. The van der Waals surface area contributed by atoms with E-state index in [9.17, 15) is 4.79 Å². The summed E-state index contributed by atoms with van der Waals surface area (Å²) in [4.78, 5) is 14.6. The van der Waals surface area contributed by atoms with E-state index >= 15 is 0 Å². The summed E-state index contributed by atoms with van der Waals surface area (Å²) in [5.41, 5.74) is 0.692. The summed E-state index contributed by atoms with van der Waals surface area (Å²) in [5.74, 6) is -0.335. The Kier molecular flexibility index (Phi) is 10.4. The van der Waals surface area contributed by atoms with Gasteiger partial charge < -0.3 is 4.74 Å². The number of halogens is 2. The summed E-state index contributed by atoms with van der Waals surface area (Å²) in [7, 11) is 1.33. The van der Waals surface area contributed by atoms with Crippen molar-refractivity contribution in [3.05, 3.63) is 28.0 Å². The molecule has 0 N–H and O–H groups in total. The molecule has 0 aliphatic heterocycles. The third-order valence-corrected chi connectivity index (χ3v) is 1.79. The van der Waals surface area contributed by atoms with Crippen molar-refractivity contribution in [1.29, 1.82) is 0 Å². The van der Waals surface area contributed by atoms with Crippen LogP contribution in [0.15, 0.2) is 12.1 Å². The molecule has 0 radical (unpaired) electrons. The Bertz CT molecular complexity index is 310.